The summed E-state index contributed by atoms with van der Waals surface area (Å²) in [5.74, 6) is 0.765. The van der Waals surface area contributed by atoms with E-state index in [4.69, 9.17) is 10.5 Å². The van der Waals surface area contributed by atoms with Crippen LogP contribution in [0.2, 0.25) is 0 Å². The van der Waals surface area contributed by atoms with Crippen LogP contribution in [-0.2, 0) is 14.4 Å². The monoisotopic (exact) mass is 485 g/mol. The van der Waals surface area contributed by atoms with Crippen molar-refractivity contribution in [1.82, 2.24) is 15.1 Å². The number of anilines is 1. The lowest BCUT2D eigenvalue weighted by Gasteiger charge is -2.37. The van der Waals surface area contributed by atoms with Crippen molar-refractivity contribution in [3.8, 4) is 5.75 Å². The molecule has 1 aromatic carbocycles. The molecule has 10 heteroatoms. The molecule has 0 aliphatic carbocycles. The molecule has 0 unspecified atom stereocenters. The van der Waals surface area contributed by atoms with Crippen molar-refractivity contribution in [1.29, 1.82) is 0 Å². The molecule has 0 bridgehead atoms. The van der Waals surface area contributed by atoms with Crippen molar-refractivity contribution < 1.29 is 23.9 Å². The quantitative estimate of drug-likeness (QED) is 0.625. The van der Waals surface area contributed by atoms with Gasteiger partial charge in [-0.1, -0.05) is 6.07 Å². The number of hydrogen-bond acceptors (Lipinski definition) is 6. The second-order valence-corrected chi connectivity index (χ2v) is 9.65. The second kappa shape index (κ2) is 11.1. The van der Waals surface area contributed by atoms with Gasteiger partial charge in [-0.05, 0) is 56.7 Å². The van der Waals surface area contributed by atoms with Gasteiger partial charge in [0.2, 0.25) is 11.8 Å². The summed E-state index contributed by atoms with van der Waals surface area (Å²) in [6.45, 7) is 5.38. The van der Waals surface area contributed by atoms with E-state index in [1.807, 2.05) is 17.9 Å². The summed E-state index contributed by atoms with van der Waals surface area (Å²) in [5, 5.41) is 2.32. The van der Waals surface area contributed by atoms with Crippen LogP contribution in [0.5, 0.6) is 5.75 Å². The van der Waals surface area contributed by atoms with Crippen molar-refractivity contribution in [3.63, 3.8) is 0 Å². The van der Waals surface area contributed by atoms with Crippen LogP contribution in [-0.4, -0.2) is 79.4 Å². The standard InChI is InChI=1S/C25H35N5O5/c1-17-2-3-20(14-21(17)30-13-8-22(31)27-25(30)34)35-16-23(32)28-11-6-19(7-12-28)24(33)29-9-4-18(15-26)5-10-29/h2-3,14,18-19H,4-13,15-16,26H2,1H3,(H,27,31,34). The van der Waals surface area contributed by atoms with E-state index in [0.29, 0.717) is 56.4 Å². The number of hydrogen-bond donors (Lipinski definition) is 2. The first-order chi connectivity index (χ1) is 16.9. The lowest BCUT2D eigenvalue weighted by molar-refractivity contribution is -0.142. The van der Waals surface area contributed by atoms with E-state index in [9.17, 15) is 19.2 Å². The zero-order valence-electron chi connectivity index (χ0n) is 20.3. The molecule has 190 valence electrons. The van der Waals surface area contributed by atoms with Gasteiger partial charge in [0.25, 0.3) is 5.91 Å². The molecule has 3 heterocycles. The Bertz CT molecular complexity index is 967. The van der Waals surface area contributed by atoms with Gasteiger partial charge in [-0.2, -0.15) is 0 Å². The lowest BCUT2D eigenvalue weighted by Crippen LogP contribution is -2.49. The van der Waals surface area contributed by atoms with Crippen molar-refractivity contribution in [2.75, 3.05) is 50.8 Å². The number of piperidine rings is 2. The molecule has 1 aromatic rings. The number of benzene rings is 1. The number of nitrogens with two attached hydrogens (primary N) is 1. The number of nitrogens with one attached hydrogen (secondary N) is 1. The Hall–Kier alpha value is -3.14. The summed E-state index contributed by atoms with van der Waals surface area (Å²) in [7, 11) is 0. The first-order valence-corrected chi connectivity index (χ1v) is 12.5. The largest absolute Gasteiger partial charge is 0.484 e. The van der Waals surface area contributed by atoms with Gasteiger partial charge >= 0.3 is 6.03 Å². The van der Waals surface area contributed by atoms with Gasteiger partial charge in [-0.25, -0.2) is 4.79 Å². The average Bonchev–Trinajstić information content (AvgIpc) is 2.88. The highest BCUT2D eigenvalue weighted by Gasteiger charge is 2.32. The van der Waals surface area contributed by atoms with Crippen molar-refractivity contribution in [2.24, 2.45) is 17.6 Å². The predicted octanol–water partition coefficient (Wildman–Crippen LogP) is 1.26. The van der Waals surface area contributed by atoms with Gasteiger partial charge in [0.15, 0.2) is 6.61 Å². The fourth-order valence-corrected chi connectivity index (χ4v) is 5.02. The molecular weight excluding hydrogens is 450 g/mol. The Morgan fingerprint density at radius 3 is 2.37 bits per heavy atom. The number of ether oxygens (including phenoxy) is 1. The van der Waals surface area contributed by atoms with Gasteiger partial charge in [0.05, 0.1) is 5.69 Å². The Balaban J connectivity index is 1.26. The Labute approximate surface area is 205 Å². The highest BCUT2D eigenvalue weighted by molar-refractivity contribution is 6.06. The van der Waals surface area contributed by atoms with E-state index in [2.05, 4.69) is 5.32 Å². The average molecular weight is 486 g/mol. The smallest absolute Gasteiger partial charge is 0.328 e. The molecule has 35 heavy (non-hydrogen) atoms. The van der Waals surface area contributed by atoms with Crippen LogP contribution in [0.15, 0.2) is 18.2 Å². The number of carbonyl (C=O) groups is 4. The van der Waals surface area contributed by atoms with Crippen LogP contribution < -0.4 is 20.7 Å². The van der Waals surface area contributed by atoms with Crippen LogP contribution in [0.1, 0.15) is 37.7 Å². The summed E-state index contributed by atoms with van der Waals surface area (Å²) in [4.78, 5) is 54.5. The molecule has 3 N–H and O–H groups in total. The zero-order chi connectivity index (χ0) is 24.9. The van der Waals surface area contributed by atoms with Crippen LogP contribution in [0.3, 0.4) is 0 Å². The maximum atomic E-state index is 12.9. The zero-order valence-corrected chi connectivity index (χ0v) is 20.3. The van der Waals surface area contributed by atoms with Crippen LogP contribution in [0.25, 0.3) is 0 Å². The molecule has 10 nitrogen and oxygen atoms in total. The van der Waals surface area contributed by atoms with E-state index < -0.39 is 6.03 Å². The lowest BCUT2D eigenvalue weighted by atomic mass is 9.92. The summed E-state index contributed by atoms with van der Waals surface area (Å²) < 4.78 is 5.75. The third-order valence-corrected chi connectivity index (χ3v) is 7.34. The van der Waals surface area contributed by atoms with E-state index in [-0.39, 0.29) is 36.7 Å². The number of likely N-dealkylation sites (tertiary alicyclic amines) is 2. The summed E-state index contributed by atoms with van der Waals surface area (Å²) in [5.41, 5.74) is 7.27. The van der Waals surface area contributed by atoms with Crippen molar-refractivity contribution in [2.45, 2.75) is 39.0 Å². The normalized spacial score (nSPS) is 20.1. The molecule has 5 amide bonds. The van der Waals surface area contributed by atoms with Crippen molar-refractivity contribution >= 4 is 29.4 Å². The summed E-state index contributed by atoms with van der Waals surface area (Å²) >= 11 is 0. The number of imide groups is 1. The Morgan fingerprint density at radius 1 is 1.03 bits per heavy atom. The van der Waals surface area contributed by atoms with E-state index in [1.54, 1.807) is 17.0 Å². The molecular formula is C25H35N5O5. The Morgan fingerprint density at radius 2 is 1.71 bits per heavy atom. The molecule has 3 saturated heterocycles. The predicted molar refractivity (Wildman–Crippen MR) is 130 cm³/mol. The molecule has 3 aliphatic rings. The van der Waals surface area contributed by atoms with Gasteiger partial charge in [0.1, 0.15) is 5.75 Å². The number of carbonyl (C=O) groups excluding carboxylic acids is 4. The fourth-order valence-electron chi connectivity index (χ4n) is 5.02. The molecule has 0 aromatic heterocycles. The minimum atomic E-state index is -0.459. The minimum Gasteiger partial charge on any atom is -0.484 e. The van der Waals surface area contributed by atoms with Gasteiger partial charge in [0, 0.05) is 51.1 Å². The highest BCUT2D eigenvalue weighted by atomic mass is 16.5. The molecule has 3 aliphatic heterocycles. The van der Waals surface area contributed by atoms with Crippen molar-refractivity contribution in [3.05, 3.63) is 23.8 Å². The molecule has 0 atom stereocenters. The summed E-state index contributed by atoms with van der Waals surface area (Å²) in [6.07, 6.45) is 3.51. The molecule has 3 fully saturated rings. The number of aryl methyl sites for hydroxylation is 1. The maximum absolute atomic E-state index is 12.9. The maximum Gasteiger partial charge on any atom is 0.328 e. The number of urea groups is 1. The molecule has 4 rings (SSSR count). The van der Waals surface area contributed by atoms with Gasteiger partial charge < -0.3 is 20.3 Å². The third kappa shape index (κ3) is 5.93. The third-order valence-electron chi connectivity index (χ3n) is 7.34. The molecule has 0 spiro atoms. The minimum absolute atomic E-state index is 0.0309. The fraction of sp³-hybridized carbons (Fsp3) is 0.600. The van der Waals surface area contributed by atoms with E-state index >= 15 is 0 Å². The van der Waals surface area contributed by atoms with Crippen LogP contribution in [0, 0.1) is 18.8 Å². The number of nitrogens with zero attached hydrogens (tertiary/aromatic N) is 3. The summed E-state index contributed by atoms with van der Waals surface area (Å²) in [6, 6.07) is 4.85. The van der Waals surface area contributed by atoms with Gasteiger partial charge in [-0.15, -0.1) is 0 Å². The van der Waals surface area contributed by atoms with Crippen LogP contribution >= 0.6 is 0 Å². The Kier molecular flexibility index (Phi) is 7.90. The number of amides is 5. The second-order valence-electron chi connectivity index (χ2n) is 9.65. The first-order valence-electron chi connectivity index (χ1n) is 12.5. The SMILES string of the molecule is Cc1ccc(OCC(=O)N2CCC(C(=O)N3CCC(CN)CC3)CC2)cc1N1CCC(=O)NC1=O. The highest BCUT2D eigenvalue weighted by Crippen LogP contribution is 2.28. The van der Waals surface area contributed by atoms with E-state index in [1.165, 1.54) is 4.90 Å². The topological polar surface area (TPSA) is 125 Å². The van der Waals surface area contributed by atoms with Gasteiger partial charge in [-0.3, -0.25) is 24.6 Å². The van der Waals surface area contributed by atoms with Crippen LogP contribution in [0.4, 0.5) is 10.5 Å². The molecule has 0 saturated carbocycles. The first kappa shape index (κ1) is 25.0. The molecule has 0 radical (unpaired) electrons. The number of rotatable bonds is 6. The van der Waals surface area contributed by atoms with E-state index in [0.717, 1.165) is 31.5 Å².